The number of nitrogens with zero attached hydrogens (tertiary/aromatic N) is 1. The van der Waals surface area contributed by atoms with Crippen molar-refractivity contribution in [2.45, 2.75) is 32.2 Å². The van der Waals surface area contributed by atoms with Gasteiger partial charge in [0.05, 0.1) is 6.54 Å². The van der Waals surface area contributed by atoms with Gasteiger partial charge in [-0.2, -0.15) is 0 Å². The number of aryl methyl sites for hydroxylation is 1. The number of carbonyl (C=O) groups excluding carboxylic acids is 2. The lowest BCUT2D eigenvalue weighted by molar-refractivity contribution is -0.133. The van der Waals surface area contributed by atoms with Crippen LogP contribution in [0.5, 0.6) is 0 Å². The van der Waals surface area contributed by atoms with Gasteiger partial charge in [-0.15, -0.1) is 12.4 Å². The van der Waals surface area contributed by atoms with Crippen molar-refractivity contribution in [1.82, 2.24) is 10.2 Å². The molecule has 6 nitrogen and oxygen atoms in total. The van der Waals surface area contributed by atoms with Crippen LogP contribution in [-0.4, -0.2) is 42.5 Å². The fraction of sp³-hybridized carbons (Fsp3) is 0.500. The highest BCUT2D eigenvalue weighted by atomic mass is 35.5. The largest absolute Gasteiger partial charge is 0.337 e. The third-order valence-corrected chi connectivity index (χ3v) is 3.90. The molecule has 2 rings (SSSR count). The number of nitrogens with two attached hydrogens (primary N) is 1. The van der Waals surface area contributed by atoms with Crippen molar-refractivity contribution in [2.24, 2.45) is 5.73 Å². The Morgan fingerprint density at radius 2 is 2.13 bits per heavy atom. The molecule has 1 aromatic rings. The summed E-state index contributed by atoms with van der Waals surface area (Å²) in [5, 5.41) is 5.33. The van der Waals surface area contributed by atoms with Gasteiger partial charge in [0, 0.05) is 24.8 Å². The number of urea groups is 1. The lowest BCUT2D eigenvalue weighted by Gasteiger charge is -2.35. The highest BCUT2D eigenvalue weighted by Gasteiger charge is 2.25. The summed E-state index contributed by atoms with van der Waals surface area (Å²) in [6.07, 6.45) is 3.04. The highest BCUT2D eigenvalue weighted by molar-refractivity contribution is 5.92. The molecule has 4 N–H and O–H groups in total. The van der Waals surface area contributed by atoms with Crippen LogP contribution in [0.4, 0.5) is 10.5 Å². The van der Waals surface area contributed by atoms with E-state index in [0.29, 0.717) is 12.2 Å². The Balaban J connectivity index is 0.00000264. The molecule has 0 bridgehead atoms. The van der Waals surface area contributed by atoms with E-state index < -0.39 is 0 Å². The highest BCUT2D eigenvalue weighted by Crippen LogP contribution is 2.16. The topological polar surface area (TPSA) is 87.5 Å². The Labute approximate surface area is 143 Å². The summed E-state index contributed by atoms with van der Waals surface area (Å²) in [5.41, 5.74) is 7.48. The molecule has 3 amide bonds. The number of hydrogen-bond donors (Lipinski definition) is 3. The van der Waals surface area contributed by atoms with Crippen LogP contribution in [0.25, 0.3) is 0 Å². The minimum absolute atomic E-state index is 0. The molecule has 7 heteroatoms. The quantitative estimate of drug-likeness (QED) is 0.782. The van der Waals surface area contributed by atoms with Crippen molar-refractivity contribution in [2.75, 3.05) is 25.0 Å². The van der Waals surface area contributed by atoms with Crippen LogP contribution in [0.3, 0.4) is 0 Å². The number of likely N-dealkylation sites (tertiary alicyclic amines) is 1. The smallest absolute Gasteiger partial charge is 0.319 e. The third-order valence-electron chi connectivity index (χ3n) is 3.90. The number of rotatable bonds is 4. The van der Waals surface area contributed by atoms with Gasteiger partial charge in [-0.05, 0) is 43.9 Å². The summed E-state index contributed by atoms with van der Waals surface area (Å²) in [6, 6.07) is 7.23. The first-order chi connectivity index (χ1) is 10.6. The van der Waals surface area contributed by atoms with Gasteiger partial charge >= 0.3 is 6.03 Å². The van der Waals surface area contributed by atoms with E-state index in [-0.39, 0.29) is 36.9 Å². The number of halogens is 1. The molecule has 1 fully saturated rings. The van der Waals surface area contributed by atoms with Crippen molar-refractivity contribution in [3.63, 3.8) is 0 Å². The zero-order chi connectivity index (χ0) is 15.9. The SMILES string of the molecule is Cc1cccc(NC(=O)NCC(=O)N2CCCCC2CN)c1.Cl. The Bertz CT molecular complexity index is 539. The van der Waals surface area contributed by atoms with Crippen molar-refractivity contribution in [3.05, 3.63) is 29.8 Å². The molecular formula is C16H25ClN4O2. The van der Waals surface area contributed by atoms with E-state index >= 15 is 0 Å². The molecule has 1 aliphatic rings. The number of benzene rings is 1. The molecular weight excluding hydrogens is 316 g/mol. The van der Waals surface area contributed by atoms with Gasteiger partial charge in [0.25, 0.3) is 0 Å². The molecule has 1 saturated heterocycles. The maximum atomic E-state index is 12.2. The molecule has 0 radical (unpaired) electrons. The molecule has 1 heterocycles. The van der Waals surface area contributed by atoms with Crippen LogP contribution < -0.4 is 16.4 Å². The third kappa shape index (κ3) is 5.73. The first-order valence-electron chi connectivity index (χ1n) is 7.71. The van der Waals surface area contributed by atoms with Gasteiger partial charge in [-0.1, -0.05) is 12.1 Å². The van der Waals surface area contributed by atoms with Crippen LogP contribution >= 0.6 is 12.4 Å². The monoisotopic (exact) mass is 340 g/mol. The van der Waals surface area contributed by atoms with Crippen molar-refractivity contribution < 1.29 is 9.59 Å². The normalized spacial score (nSPS) is 17.1. The van der Waals surface area contributed by atoms with E-state index in [0.717, 1.165) is 31.4 Å². The fourth-order valence-electron chi connectivity index (χ4n) is 2.73. The molecule has 1 aromatic carbocycles. The maximum Gasteiger partial charge on any atom is 0.319 e. The van der Waals surface area contributed by atoms with Gasteiger partial charge in [0.1, 0.15) is 0 Å². The van der Waals surface area contributed by atoms with Crippen LogP contribution in [0.2, 0.25) is 0 Å². The summed E-state index contributed by atoms with van der Waals surface area (Å²) in [4.78, 5) is 25.8. The van der Waals surface area contributed by atoms with E-state index in [4.69, 9.17) is 5.73 Å². The predicted molar refractivity (Wildman–Crippen MR) is 93.9 cm³/mol. The number of amides is 3. The maximum absolute atomic E-state index is 12.2. The molecule has 23 heavy (non-hydrogen) atoms. The number of carbonyl (C=O) groups is 2. The van der Waals surface area contributed by atoms with E-state index in [9.17, 15) is 9.59 Å². The van der Waals surface area contributed by atoms with Gasteiger partial charge in [0.15, 0.2) is 0 Å². The Kier molecular flexibility index (Phi) is 7.85. The molecule has 0 spiro atoms. The summed E-state index contributed by atoms with van der Waals surface area (Å²) >= 11 is 0. The number of piperidine rings is 1. The Morgan fingerprint density at radius 3 is 2.83 bits per heavy atom. The number of hydrogen-bond acceptors (Lipinski definition) is 3. The summed E-state index contributed by atoms with van der Waals surface area (Å²) in [7, 11) is 0. The zero-order valence-corrected chi connectivity index (χ0v) is 14.2. The minimum atomic E-state index is -0.375. The second-order valence-corrected chi connectivity index (χ2v) is 5.65. The van der Waals surface area contributed by atoms with E-state index in [1.54, 1.807) is 4.90 Å². The Morgan fingerprint density at radius 1 is 1.35 bits per heavy atom. The molecule has 1 atom stereocenters. The van der Waals surface area contributed by atoms with Gasteiger partial charge in [0.2, 0.25) is 5.91 Å². The summed E-state index contributed by atoms with van der Waals surface area (Å²) in [6.45, 7) is 3.15. The fourth-order valence-corrected chi connectivity index (χ4v) is 2.73. The van der Waals surface area contributed by atoms with Crippen molar-refractivity contribution >= 4 is 30.0 Å². The molecule has 0 aliphatic carbocycles. The van der Waals surface area contributed by atoms with Crippen LogP contribution in [-0.2, 0) is 4.79 Å². The van der Waals surface area contributed by atoms with Crippen molar-refractivity contribution in [1.29, 1.82) is 0 Å². The molecule has 1 unspecified atom stereocenters. The summed E-state index contributed by atoms with van der Waals surface area (Å²) < 4.78 is 0. The van der Waals surface area contributed by atoms with Crippen molar-refractivity contribution in [3.8, 4) is 0 Å². The molecule has 0 aromatic heterocycles. The van der Waals surface area contributed by atoms with Crippen LogP contribution in [0.1, 0.15) is 24.8 Å². The zero-order valence-electron chi connectivity index (χ0n) is 13.4. The van der Waals surface area contributed by atoms with Gasteiger partial charge < -0.3 is 21.3 Å². The van der Waals surface area contributed by atoms with Crippen LogP contribution in [0, 0.1) is 6.92 Å². The average Bonchev–Trinajstić information content (AvgIpc) is 2.52. The second kappa shape index (κ2) is 9.37. The first kappa shape index (κ1) is 19.3. The number of nitrogens with one attached hydrogen (secondary N) is 2. The molecule has 1 aliphatic heterocycles. The lowest BCUT2D eigenvalue weighted by atomic mass is 10.0. The standard InChI is InChI=1S/C16H24N4O2.ClH/c1-12-5-4-6-13(9-12)19-16(22)18-11-15(21)20-8-3-2-7-14(20)10-17;/h4-6,9,14H,2-3,7-8,10-11,17H2,1H3,(H2,18,19,22);1H. The Hall–Kier alpha value is -1.79. The van der Waals surface area contributed by atoms with Crippen LogP contribution in [0.15, 0.2) is 24.3 Å². The van der Waals surface area contributed by atoms with Gasteiger partial charge in [-0.25, -0.2) is 4.79 Å². The molecule has 0 saturated carbocycles. The minimum Gasteiger partial charge on any atom is -0.337 e. The van der Waals surface area contributed by atoms with E-state index in [1.165, 1.54) is 0 Å². The summed E-state index contributed by atoms with van der Waals surface area (Å²) in [5.74, 6) is -0.0745. The van der Waals surface area contributed by atoms with E-state index in [2.05, 4.69) is 10.6 Å². The van der Waals surface area contributed by atoms with Gasteiger partial charge in [-0.3, -0.25) is 4.79 Å². The first-order valence-corrected chi connectivity index (χ1v) is 7.71. The average molecular weight is 341 g/mol. The lowest BCUT2D eigenvalue weighted by Crippen LogP contribution is -2.51. The predicted octanol–water partition coefficient (Wildman–Crippen LogP) is 1.88. The second-order valence-electron chi connectivity index (χ2n) is 5.65. The molecule has 128 valence electrons. The van der Waals surface area contributed by atoms with E-state index in [1.807, 2.05) is 31.2 Å². The number of anilines is 1.